The predicted octanol–water partition coefficient (Wildman–Crippen LogP) is 12.5. The summed E-state index contributed by atoms with van der Waals surface area (Å²) in [5, 5.41) is 2.52. The van der Waals surface area contributed by atoms with Gasteiger partial charge in [-0.25, -0.2) is 4.85 Å². The van der Waals surface area contributed by atoms with Crippen molar-refractivity contribution in [3.05, 3.63) is 191 Å². The van der Waals surface area contributed by atoms with Crippen molar-refractivity contribution < 1.29 is 0 Å². The molecule has 0 aliphatic heterocycles. The van der Waals surface area contributed by atoms with E-state index in [0.717, 1.165) is 0 Å². The maximum Gasteiger partial charge on any atom is 0.187 e. The second-order valence-electron chi connectivity index (χ2n) is 14.0. The molecule has 1 heterocycles. The van der Waals surface area contributed by atoms with Crippen LogP contribution in [0.4, 0.5) is 5.69 Å². The molecule has 230 valence electrons. The fourth-order valence-corrected chi connectivity index (χ4v) is 8.93. The zero-order valence-corrected chi connectivity index (χ0v) is 27.4. The van der Waals surface area contributed by atoms with Gasteiger partial charge in [0.1, 0.15) is 0 Å². The molecule has 1 atom stereocenters. The highest BCUT2D eigenvalue weighted by molar-refractivity contribution is 6.11. The Bertz CT molecular complexity index is 2720. The standard InChI is InChI=1S/C47H32N2/c1-47(2)41-19-8-6-15-34(41)38-18-11-21-44(46(38)47)49-42-20-9-7-16-35(42)40-28-30(23-25-43(40)49)29-22-24-37-39(27-29)33-14-4-5-17-36(33)45(37)31-12-10-13-32(26-31)48-3/h4-28,45H,1-2H3. The van der Waals surface area contributed by atoms with Crippen molar-refractivity contribution >= 4 is 27.5 Å². The first-order valence-corrected chi connectivity index (χ1v) is 17.0. The zero-order valence-electron chi connectivity index (χ0n) is 27.4. The Labute approximate surface area is 286 Å². The van der Waals surface area contributed by atoms with E-state index in [2.05, 4.69) is 157 Å². The molecule has 1 aromatic heterocycles. The highest BCUT2D eigenvalue weighted by Gasteiger charge is 2.38. The highest BCUT2D eigenvalue weighted by Crippen LogP contribution is 2.52. The van der Waals surface area contributed by atoms with Crippen LogP contribution in [0.15, 0.2) is 152 Å². The van der Waals surface area contributed by atoms with Gasteiger partial charge in [0, 0.05) is 22.1 Å². The van der Waals surface area contributed by atoms with Crippen LogP contribution in [0.25, 0.3) is 65.7 Å². The SMILES string of the molecule is [C-]#[N+]c1cccc(C2c3ccccc3-c3cc(-c4ccc5c(c4)c4ccccc4n5-c4cccc5c4C(C)(C)c4ccccc4-5)ccc32)c1. The number of hydrogen-bond donors (Lipinski definition) is 0. The molecule has 0 saturated carbocycles. The quantitative estimate of drug-likeness (QED) is 0.173. The lowest BCUT2D eigenvalue weighted by Gasteiger charge is -2.25. The molecule has 0 bridgehead atoms. The minimum Gasteiger partial charge on any atom is -0.309 e. The molecule has 8 aromatic rings. The first kappa shape index (κ1) is 27.9. The summed E-state index contributed by atoms with van der Waals surface area (Å²) in [5.74, 6) is 0.116. The van der Waals surface area contributed by atoms with Gasteiger partial charge >= 0.3 is 0 Å². The second-order valence-corrected chi connectivity index (χ2v) is 14.0. The number of para-hydroxylation sites is 1. The Morgan fingerprint density at radius 2 is 1.24 bits per heavy atom. The summed E-state index contributed by atoms with van der Waals surface area (Å²) < 4.78 is 2.49. The van der Waals surface area contributed by atoms with Crippen LogP contribution >= 0.6 is 0 Å². The van der Waals surface area contributed by atoms with Gasteiger partial charge in [-0.2, -0.15) is 0 Å². The van der Waals surface area contributed by atoms with Gasteiger partial charge in [0.05, 0.1) is 23.3 Å². The van der Waals surface area contributed by atoms with Crippen LogP contribution in [0.2, 0.25) is 0 Å². The van der Waals surface area contributed by atoms with Gasteiger partial charge < -0.3 is 4.57 Å². The van der Waals surface area contributed by atoms with Gasteiger partial charge in [-0.1, -0.05) is 135 Å². The van der Waals surface area contributed by atoms with E-state index in [1.807, 2.05) is 18.2 Å². The van der Waals surface area contributed by atoms with E-state index in [-0.39, 0.29) is 11.3 Å². The second kappa shape index (κ2) is 10.2. The van der Waals surface area contributed by atoms with E-state index >= 15 is 0 Å². The molecule has 10 rings (SSSR count). The van der Waals surface area contributed by atoms with Crippen molar-refractivity contribution in [1.29, 1.82) is 0 Å². The Kier molecular flexibility index (Phi) is 5.79. The fraction of sp³-hybridized carbons (Fsp3) is 0.0851. The predicted molar refractivity (Wildman–Crippen MR) is 203 cm³/mol. The van der Waals surface area contributed by atoms with Gasteiger partial charge in [0.15, 0.2) is 5.69 Å². The topological polar surface area (TPSA) is 9.29 Å². The largest absolute Gasteiger partial charge is 0.309 e. The van der Waals surface area contributed by atoms with E-state index in [4.69, 9.17) is 6.57 Å². The summed E-state index contributed by atoms with van der Waals surface area (Å²) in [6, 6.07) is 55.3. The van der Waals surface area contributed by atoms with Crippen LogP contribution in [0.1, 0.15) is 47.6 Å². The first-order valence-electron chi connectivity index (χ1n) is 17.0. The molecule has 2 aliphatic carbocycles. The molecule has 2 nitrogen and oxygen atoms in total. The van der Waals surface area contributed by atoms with Crippen LogP contribution in [-0.4, -0.2) is 4.57 Å². The Morgan fingerprint density at radius 3 is 2.14 bits per heavy atom. The minimum absolute atomic E-state index is 0.115. The summed E-state index contributed by atoms with van der Waals surface area (Å²) in [7, 11) is 0. The van der Waals surface area contributed by atoms with Gasteiger partial charge in [-0.05, 0) is 91.5 Å². The summed E-state index contributed by atoms with van der Waals surface area (Å²) in [6.07, 6.45) is 0. The highest BCUT2D eigenvalue weighted by atomic mass is 15.0. The average Bonchev–Trinajstić information content (AvgIpc) is 3.74. The van der Waals surface area contributed by atoms with Gasteiger partial charge in [0.25, 0.3) is 0 Å². The van der Waals surface area contributed by atoms with E-state index in [1.54, 1.807) is 0 Å². The third-order valence-electron chi connectivity index (χ3n) is 11.1. The summed E-state index contributed by atoms with van der Waals surface area (Å²) in [5.41, 5.74) is 18.4. The number of nitrogens with zero attached hydrogens (tertiary/aromatic N) is 2. The van der Waals surface area contributed by atoms with Crippen molar-refractivity contribution in [3.63, 3.8) is 0 Å². The number of rotatable bonds is 3. The molecule has 0 radical (unpaired) electrons. The van der Waals surface area contributed by atoms with E-state index in [9.17, 15) is 0 Å². The number of fused-ring (bicyclic) bond motifs is 9. The molecule has 0 saturated heterocycles. The van der Waals surface area contributed by atoms with Crippen LogP contribution in [0, 0.1) is 6.57 Å². The summed E-state index contributed by atoms with van der Waals surface area (Å²) in [6.45, 7) is 12.3. The lowest BCUT2D eigenvalue weighted by molar-refractivity contribution is 0.656. The molecule has 0 fully saturated rings. The van der Waals surface area contributed by atoms with Gasteiger partial charge in [-0.15, -0.1) is 0 Å². The average molecular weight is 625 g/mol. The molecular formula is C47H32N2. The minimum atomic E-state index is -0.115. The molecule has 7 aromatic carbocycles. The van der Waals surface area contributed by atoms with E-state index in [1.165, 1.54) is 88.7 Å². The van der Waals surface area contributed by atoms with Crippen molar-refractivity contribution in [1.82, 2.24) is 4.57 Å². The molecule has 49 heavy (non-hydrogen) atoms. The molecule has 1 unspecified atom stereocenters. The third kappa shape index (κ3) is 3.88. The van der Waals surface area contributed by atoms with Crippen LogP contribution < -0.4 is 0 Å². The van der Waals surface area contributed by atoms with Crippen molar-refractivity contribution in [2.75, 3.05) is 0 Å². The molecular weight excluding hydrogens is 593 g/mol. The molecule has 2 aliphatic rings. The lowest BCUT2D eigenvalue weighted by atomic mass is 9.81. The zero-order chi connectivity index (χ0) is 32.9. The monoisotopic (exact) mass is 624 g/mol. The Hall–Kier alpha value is -6.17. The van der Waals surface area contributed by atoms with E-state index in [0.29, 0.717) is 5.69 Å². The van der Waals surface area contributed by atoms with Crippen molar-refractivity contribution in [2.45, 2.75) is 25.2 Å². The smallest absolute Gasteiger partial charge is 0.187 e. The molecule has 0 spiro atoms. The number of hydrogen-bond acceptors (Lipinski definition) is 0. The molecule has 2 heteroatoms. The Morgan fingerprint density at radius 1 is 0.551 bits per heavy atom. The maximum absolute atomic E-state index is 7.58. The fourth-order valence-electron chi connectivity index (χ4n) is 8.93. The summed E-state index contributed by atoms with van der Waals surface area (Å²) >= 11 is 0. The van der Waals surface area contributed by atoms with Crippen molar-refractivity contribution in [3.8, 4) is 39.1 Å². The lowest BCUT2D eigenvalue weighted by Crippen LogP contribution is -2.17. The maximum atomic E-state index is 7.58. The van der Waals surface area contributed by atoms with Crippen LogP contribution in [0.3, 0.4) is 0 Å². The Balaban J connectivity index is 1.15. The summed E-state index contributed by atoms with van der Waals surface area (Å²) in [4.78, 5) is 3.72. The van der Waals surface area contributed by atoms with Gasteiger partial charge in [-0.3, -0.25) is 0 Å². The third-order valence-corrected chi connectivity index (χ3v) is 11.1. The van der Waals surface area contributed by atoms with Crippen molar-refractivity contribution in [2.24, 2.45) is 0 Å². The first-order chi connectivity index (χ1) is 24.0. The normalized spacial score (nSPS) is 15.1. The van der Waals surface area contributed by atoms with Crippen LogP contribution in [0.5, 0.6) is 0 Å². The molecule has 0 amide bonds. The number of benzene rings is 7. The molecule has 0 N–H and O–H groups in total. The number of aromatic nitrogens is 1. The van der Waals surface area contributed by atoms with Crippen LogP contribution in [-0.2, 0) is 5.41 Å². The van der Waals surface area contributed by atoms with Gasteiger partial charge in [0.2, 0.25) is 0 Å². The van der Waals surface area contributed by atoms with E-state index < -0.39 is 0 Å².